The fourth-order valence-electron chi connectivity index (χ4n) is 0.722. The van der Waals surface area contributed by atoms with Gasteiger partial charge in [0.2, 0.25) is 0 Å². The molecule has 0 aliphatic heterocycles. The minimum Gasteiger partial charge on any atom is -0.550 e. The van der Waals surface area contributed by atoms with E-state index in [0.29, 0.717) is 0 Å². The van der Waals surface area contributed by atoms with Crippen molar-refractivity contribution in [1.82, 2.24) is 0 Å². The third-order valence-electron chi connectivity index (χ3n) is 1.24. The molecule has 13 heavy (non-hydrogen) atoms. The maximum absolute atomic E-state index is 10.8. The summed E-state index contributed by atoms with van der Waals surface area (Å²) in [5, 5.41) is 9.90. The fourth-order valence-corrected chi connectivity index (χ4v) is 0.722. The molecule has 1 radical (unpaired) electrons. The van der Waals surface area contributed by atoms with Crippen molar-refractivity contribution in [2.24, 2.45) is 0 Å². The summed E-state index contributed by atoms with van der Waals surface area (Å²) in [5.41, 5.74) is 0. The summed E-state index contributed by atoms with van der Waals surface area (Å²) in [7, 11) is 0. The van der Waals surface area contributed by atoms with Crippen LogP contribution in [0, 0.1) is 0 Å². The molecule has 0 spiro atoms. The molecule has 71 valence electrons. The number of hydrogen-bond acceptors (Lipinski definition) is 5. The maximum Gasteiger partial charge on any atom is 0.198 e. The normalized spacial score (nSPS) is 9.23. The Hall–Kier alpha value is -1.52. The quantitative estimate of drug-likeness (QED) is 0.451. The van der Waals surface area contributed by atoms with E-state index >= 15 is 0 Å². The minimum absolute atomic E-state index is 0.0581. The second kappa shape index (κ2) is 6.05. The SMILES string of the molecule is O=[C]CCC(=O)CC(=O)CC(=O)[O-]. The molecule has 0 atom stereocenters. The lowest BCUT2D eigenvalue weighted by molar-refractivity contribution is -0.304. The van der Waals surface area contributed by atoms with Gasteiger partial charge in [-0.15, -0.1) is 0 Å². The van der Waals surface area contributed by atoms with Crippen LogP contribution in [0.15, 0.2) is 0 Å². The first-order valence-electron chi connectivity index (χ1n) is 3.64. The van der Waals surface area contributed by atoms with Crippen molar-refractivity contribution in [3.8, 4) is 0 Å². The van der Waals surface area contributed by atoms with E-state index in [9.17, 15) is 24.3 Å². The van der Waals surface area contributed by atoms with Crippen molar-refractivity contribution in [3.63, 3.8) is 0 Å². The topological polar surface area (TPSA) is 91.3 Å². The van der Waals surface area contributed by atoms with Crippen molar-refractivity contribution < 1.29 is 24.3 Å². The summed E-state index contributed by atoms with van der Waals surface area (Å²) in [5.74, 6) is -2.65. The summed E-state index contributed by atoms with van der Waals surface area (Å²) in [6.07, 6.45) is 0.174. The van der Waals surface area contributed by atoms with E-state index in [2.05, 4.69) is 0 Å². The fraction of sp³-hybridized carbons (Fsp3) is 0.500. The maximum atomic E-state index is 10.8. The van der Waals surface area contributed by atoms with Gasteiger partial charge in [-0.05, 0) is 0 Å². The van der Waals surface area contributed by atoms with Gasteiger partial charge in [0.1, 0.15) is 11.6 Å². The average Bonchev–Trinajstić information content (AvgIpc) is 1.98. The number of Topliss-reactive ketones (excluding diaryl/α,β-unsaturated/α-hetero) is 2. The molecule has 0 aliphatic rings. The molecule has 0 aromatic rings. The van der Waals surface area contributed by atoms with Gasteiger partial charge in [0.05, 0.1) is 6.42 Å². The second-order valence-electron chi connectivity index (χ2n) is 2.45. The van der Waals surface area contributed by atoms with Gasteiger partial charge in [-0.1, -0.05) is 0 Å². The van der Waals surface area contributed by atoms with Crippen molar-refractivity contribution in [2.45, 2.75) is 25.7 Å². The summed E-state index contributed by atoms with van der Waals surface area (Å²) < 4.78 is 0. The van der Waals surface area contributed by atoms with Crippen LogP contribution >= 0.6 is 0 Å². The van der Waals surface area contributed by atoms with Gasteiger partial charge in [0.15, 0.2) is 6.29 Å². The Labute approximate surface area is 74.7 Å². The van der Waals surface area contributed by atoms with Crippen LogP contribution in [0.5, 0.6) is 0 Å². The molecule has 0 aliphatic carbocycles. The first-order chi connectivity index (χ1) is 6.06. The van der Waals surface area contributed by atoms with E-state index in [-0.39, 0.29) is 12.8 Å². The molecule has 0 aromatic heterocycles. The highest BCUT2D eigenvalue weighted by atomic mass is 16.4. The van der Waals surface area contributed by atoms with Crippen molar-refractivity contribution in [3.05, 3.63) is 0 Å². The lowest BCUT2D eigenvalue weighted by Crippen LogP contribution is -2.26. The summed E-state index contributed by atoms with van der Waals surface area (Å²) in [6.45, 7) is 0. The van der Waals surface area contributed by atoms with Crippen LogP contribution in [0.3, 0.4) is 0 Å². The lowest BCUT2D eigenvalue weighted by Gasteiger charge is -1.99. The largest absolute Gasteiger partial charge is 0.550 e. The predicted molar refractivity (Wildman–Crippen MR) is 39.2 cm³/mol. The van der Waals surface area contributed by atoms with E-state index in [0.717, 1.165) is 0 Å². The van der Waals surface area contributed by atoms with Gasteiger partial charge in [0, 0.05) is 25.2 Å². The van der Waals surface area contributed by atoms with E-state index in [1.54, 1.807) is 0 Å². The molecule has 0 aromatic carbocycles. The summed E-state index contributed by atoms with van der Waals surface area (Å²) >= 11 is 0. The van der Waals surface area contributed by atoms with Gasteiger partial charge in [-0.3, -0.25) is 14.4 Å². The Morgan fingerprint density at radius 1 is 1.08 bits per heavy atom. The number of carbonyl (C=O) groups excluding carboxylic acids is 4. The zero-order valence-corrected chi connectivity index (χ0v) is 6.87. The standard InChI is InChI=1S/C8H9O5/c9-3-1-2-6(10)4-7(11)5-8(12)13/h1-2,4-5H2,(H,12,13)/p-1. The first-order valence-corrected chi connectivity index (χ1v) is 3.64. The molecule has 0 rings (SSSR count). The van der Waals surface area contributed by atoms with Crippen LogP contribution in [0.25, 0.3) is 0 Å². The first kappa shape index (κ1) is 11.5. The number of aliphatic carboxylic acids is 1. The Morgan fingerprint density at radius 2 is 1.69 bits per heavy atom. The van der Waals surface area contributed by atoms with E-state index in [1.807, 2.05) is 0 Å². The van der Waals surface area contributed by atoms with Gasteiger partial charge >= 0.3 is 0 Å². The van der Waals surface area contributed by atoms with E-state index in [1.165, 1.54) is 6.29 Å². The smallest absolute Gasteiger partial charge is 0.198 e. The van der Waals surface area contributed by atoms with Crippen LogP contribution < -0.4 is 5.11 Å². The van der Waals surface area contributed by atoms with Crippen LogP contribution in [0.2, 0.25) is 0 Å². The van der Waals surface area contributed by atoms with E-state index < -0.39 is 30.4 Å². The monoisotopic (exact) mass is 184 g/mol. The molecule has 0 N–H and O–H groups in total. The summed E-state index contributed by atoms with van der Waals surface area (Å²) in [4.78, 5) is 41.1. The number of rotatable bonds is 7. The molecule has 0 unspecified atom stereocenters. The van der Waals surface area contributed by atoms with Gasteiger partial charge in [-0.25, -0.2) is 0 Å². The molecular formula is C8H8O5-. The number of ketones is 2. The van der Waals surface area contributed by atoms with Gasteiger partial charge in [0.25, 0.3) is 0 Å². The third-order valence-corrected chi connectivity index (χ3v) is 1.24. The molecule has 5 nitrogen and oxygen atoms in total. The van der Waals surface area contributed by atoms with Gasteiger partial charge in [-0.2, -0.15) is 0 Å². The lowest BCUT2D eigenvalue weighted by atomic mass is 10.1. The third kappa shape index (κ3) is 6.86. The molecule has 5 heteroatoms. The molecule has 0 bridgehead atoms. The van der Waals surface area contributed by atoms with Crippen molar-refractivity contribution in [1.29, 1.82) is 0 Å². The van der Waals surface area contributed by atoms with Crippen LogP contribution in [-0.2, 0) is 19.2 Å². The summed E-state index contributed by atoms with van der Waals surface area (Å²) in [6, 6.07) is 0. The Morgan fingerprint density at radius 3 is 2.15 bits per heavy atom. The van der Waals surface area contributed by atoms with Crippen LogP contribution in [0.1, 0.15) is 25.7 Å². The number of carbonyl (C=O) groups is 3. The van der Waals surface area contributed by atoms with E-state index in [4.69, 9.17) is 0 Å². The molecule has 0 saturated carbocycles. The molecular weight excluding hydrogens is 176 g/mol. The van der Waals surface area contributed by atoms with Gasteiger partial charge < -0.3 is 9.90 Å². The highest BCUT2D eigenvalue weighted by Crippen LogP contribution is 1.96. The predicted octanol–water partition coefficient (Wildman–Crippen LogP) is -1.46. The zero-order chi connectivity index (χ0) is 10.3. The average molecular weight is 184 g/mol. The Balaban J connectivity index is 3.71. The highest BCUT2D eigenvalue weighted by Gasteiger charge is 2.09. The number of carboxylic acid groups (broad SMARTS) is 1. The van der Waals surface area contributed by atoms with Crippen LogP contribution in [0.4, 0.5) is 0 Å². The molecule has 0 amide bonds. The molecule has 0 heterocycles. The highest BCUT2D eigenvalue weighted by molar-refractivity contribution is 6.05. The minimum atomic E-state index is -1.50. The van der Waals surface area contributed by atoms with Crippen molar-refractivity contribution >= 4 is 23.8 Å². The van der Waals surface area contributed by atoms with Crippen LogP contribution in [-0.4, -0.2) is 23.8 Å². The number of hydrogen-bond donors (Lipinski definition) is 0. The van der Waals surface area contributed by atoms with Crippen molar-refractivity contribution in [2.75, 3.05) is 0 Å². The second-order valence-corrected chi connectivity index (χ2v) is 2.45. The number of carboxylic acids is 1. The zero-order valence-electron chi connectivity index (χ0n) is 6.87. The Kier molecular flexibility index (Phi) is 5.34. The molecule has 0 fully saturated rings. The molecule has 0 saturated heterocycles. The Bertz CT molecular complexity index is 231.